The van der Waals surface area contributed by atoms with Gasteiger partial charge in [-0.25, -0.2) is 9.97 Å². The Labute approximate surface area is 394 Å². The smallest absolute Gasteiger partial charge is 0.304 e. The van der Waals surface area contributed by atoms with Crippen LogP contribution in [-0.2, 0) is 45.8 Å². The molecule has 4 aromatic heterocycles. The van der Waals surface area contributed by atoms with Crippen molar-refractivity contribution in [2.75, 3.05) is 0 Å². The van der Waals surface area contributed by atoms with E-state index in [1.54, 1.807) is 0 Å². The van der Waals surface area contributed by atoms with Crippen LogP contribution in [0.2, 0.25) is 0 Å². The van der Waals surface area contributed by atoms with E-state index in [4.69, 9.17) is 24.9 Å². The van der Waals surface area contributed by atoms with Crippen LogP contribution in [-0.4, -0.2) is 24.9 Å². The van der Waals surface area contributed by atoms with E-state index in [0.29, 0.717) is 5.82 Å². The van der Waals surface area contributed by atoms with E-state index in [2.05, 4.69) is 91.0 Å². The van der Waals surface area contributed by atoms with Gasteiger partial charge < -0.3 is 15.0 Å². The molecule has 0 aliphatic rings. The maximum absolute atomic E-state index is 5.04. The van der Waals surface area contributed by atoms with E-state index >= 15 is 0 Å². The molecule has 0 N–H and O–H groups in total. The van der Waals surface area contributed by atoms with Crippen molar-refractivity contribution in [2.24, 2.45) is 0 Å². The molecule has 6 aromatic carbocycles. The molecule has 0 aliphatic carbocycles. The molecule has 0 bridgehead atoms. The van der Waals surface area contributed by atoms with Gasteiger partial charge in [0.1, 0.15) is 0 Å². The first-order valence-electron chi connectivity index (χ1n) is 21.6. The molecule has 312 valence electrons. The minimum absolute atomic E-state index is 0. The Morgan fingerprint density at radius 3 is 1.32 bits per heavy atom. The third kappa shape index (κ3) is 10.2. The second kappa shape index (κ2) is 20.3. The second-order valence-electron chi connectivity index (χ2n) is 15.8. The average Bonchev–Trinajstić information content (AvgIpc) is 3.38. The molecule has 65 heavy (non-hydrogen) atoms. The molecule has 0 amide bonds. The van der Waals surface area contributed by atoms with Gasteiger partial charge in [-0.15, -0.1) is 108 Å². The predicted molar refractivity (Wildman–Crippen MR) is 258 cm³/mol. The normalized spacial score (nSPS) is 10.9. The Morgan fingerprint density at radius 2 is 0.800 bits per heavy atom. The topological polar surface area (TPSA) is 64.5 Å². The summed E-state index contributed by atoms with van der Waals surface area (Å²) in [4.78, 5) is 24.3. The minimum Gasteiger partial charge on any atom is -0.304 e. The van der Waals surface area contributed by atoms with Crippen molar-refractivity contribution in [1.82, 2.24) is 24.9 Å². The summed E-state index contributed by atoms with van der Waals surface area (Å²) in [6.07, 6.45) is 13.3. The molecule has 10 rings (SSSR count). The van der Waals surface area contributed by atoms with E-state index < -0.39 is 0 Å². The third-order valence-corrected chi connectivity index (χ3v) is 11.5. The molecule has 0 saturated carbocycles. The zero-order valence-electron chi connectivity index (χ0n) is 35.5. The molecular weight excluding hydrogens is 971 g/mol. The second-order valence-corrected chi connectivity index (χ2v) is 15.8. The van der Waals surface area contributed by atoms with Gasteiger partial charge in [-0.1, -0.05) is 103 Å². The molecule has 0 unspecified atom stereocenters. The molecule has 10 aromatic rings. The molecule has 4 heterocycles. The minimum atomic E-state index is 0. The molecule has 0 spiro atoms. The van der Waals surface area contributed by atoms with Gasteiger partial charge in [0.2, 0.25) is 0 Å². The quantitative estimate of drug-likeness (QED) is 0.108. The van der Waals surface area contributed by atoms with Gasteiger partial charge in [-0.3, -0.25) is 0 Å². The van der Waals surface area contributed by atoms with Crippen molar-refractivity contribution in [1.29, 1.82) is 0 Å². The first kappa shape index (κ1) is 42.8. The fourth-order valence-corrected chi connectivity index (χ4v) is 8.13. The summed E-state index contributed by atoms with van der Waals surface area (Å²) < 4.78 is 0. The Balaban J connectivity index is 0.00000533. The summed E-state index contributed by atoms with van der Waals surface area (Å²) in [6.45, 7) is 0. The largest absolute Gasteiger partial charge is 3.00 e. The number of benzene rings is 6. The fraction of sp³-hybridized carbons (Fsp3) is 0.0678. The number of nitrogens with zero attached hydrogens (tertiary/aromatic N) is 5. The van der Waals surface area contributed by atoms with E-state index in [1.165, 1.54) is 22.3 Å². The zero-order valence-corrected chi connectivity index (χ0v) is 37.9. The van der Waals surface area contributed by atoms with Crippen LogP contribution < -0.4 is 0 Å². The van der Waals surface area contributed by atoms with Gasteiger partial charge in [0, 0.05) is 47.7 Å². The first-order valence-corrected chi connectivity index (χ1v) is 21.6. The van der Waals surface area contributed by atoms with Crippen molar-refractivity contribution < 1.29 is 20.1 Å². The number of pyridine rings is 3. The van der Waals surface area contributed by atoms with Crippen molar-refractivity contribution in [2.45, 2.75) is 25.7 Å². The van der Waals surface area contributed by atoms with Crippen LogP contribution in [0.1, 0.15) is 22.3 Å². The van der Waals surface area contributed by atoms with E-state index in [0.717, 1.165) is 98.4 Å². The molecule has 0 aliphatic heterocycles. The van der Waals surface area contributed by atoms with Crippen LogP contribution in [0.5, 0.6) is 0 Å². The number of hydrogen-bond acceptors (Lipinski definition) is 5. The number of aryl methyl sites for hydroxylation is 4. The monoisotopic (exact) mass is 1010 g/mol. The standard InChI is InChI=1S/C59H42N5.Ir/c1-5-15-46(16-6-1)56-31-29-42(37-60-56)25-27-44-33-45(28-26-43-30-32-57(61-38-43)47-17-7-2-8-18-47)35-50(34-44)52-23-13-14-24-53(52)55-41-62-58(48-19-9-3-10-20-48)36-54(55)51-39-63-59(64-40-51)49-21-11-4-12-22-49;/h1-15,17,19,21-24,29-41H,25-28H2;/q-3;+3. The SMILES string of the molecule is [Ir+3].[c-]1ccccc1-c1ccc(CCc2cc(CCc3ccc(-c4[c-]cccc4)nc3)cc(-c3ccccc3-c3cnc(-c4[c-]cccc4)cc3-c3cnc(-c4ccccc4)nc3)c2)cn1. The predicted octanol–water partition coefficient (Wildman–Crippen LogP) is 13.3. The Hall–Kier alpha value is -7.50. The van der Waals surface area contributed by atoms with Crippen LogP contribution >= 0.6 is 0 Å². The first-order chi connectivity index (χ1) is 31.7. The van der Waals surface area contributed by atoms with E-state index in [9.17, 15) is 0 Å². The van der Waals surface area contributed by atoms with Crippen molar-refractivity contribution >= 4 is 0 Å². The maximum atomic E-state index is 5.04. The molecule has 0 fully saturated rings. The fourth-order valence-electron chi connectivity index (χ4n) is 8.13. The maximum Gasteiger partial charge on any atom is 3.00 e. The molecular formula is C59H42IrN5. The molecule has 0 atom stereocenters. The van der Waals surface area contributed by atoms with Gasteiger partial charge in [0.25, 0.3) is 0 Å². The molecule has 0 saturated heterocycles. The third-order valence-electron chi connectivity index (χ3n) is 11.5. The van der Waals surface area contributed by atoms with Crippen LogP contribution in [0.3, 0.4) is 0 Å². The van der Waals surface area contributed by atoms with Gasteiger partial charge in [0.05, 0.1) is 0 Å². The summed E-state index contributed by atoms with van der Waals surface area (Å²) in [5, 5.41) is 0. The van der Waals surface area contributed by atoms with Crippen LogP contribution in [0.4, 0.5) is 0 Å². The summed E-state index contributed by atoms with van der Waals surface area (Å²) in [6, 6.07) is 70.4. The molecule has 5 nitrogen and oxygen atoms in total. The summed E-state index contributed by atoms with van der Waals surface area (Å²) >= 11 is 0. The number of rotatable bonds is 13. The van der Waals surface area contributed by atoms with Crippen molar-refractivity contribution in [3.63, 3.8) is 0 Å². The van der Waals surface area contributed by atoms with Gasteiger partial charge in [-0.2, -0.15) is 0 Å². The van der Waals surface area contributed by atoms with Crippen molar-refractivity contribution in [3.05, 3.63) is 247 Å². The van der Waals surface area contributed by atoms with E-state index in [-0.39, 0.29) is 20.1 Å². The molecule has 6 heteroatoms. The summed E-state index contributed by atoms with van der Waals surface area (Å²) in [7, 11) is 0. The average molecular weight is 1010 g/mol. The van der Waals surface area contributed by atoms with Crippen LogP contribution in [0.15, 0.2) is 207 Å². The van der Waals surface area contributed by atoms with Crippen LogP contribution in [0.25, 0.3) is 78.5 Å². The number of aromatic nitrogens is 5. The van der Waals surface area contributed by atoms with E-state index in [1.807, 2.05) is 134 Å². The Kier molecular flexibility index (Phi) is 13.4. The van der Waals surface area contributed by atoms with Gasteiger partial charge in [0.15, 0.2) is 5.82 Å². The van der Waals surface area contributed by atoms with Gasteiger partial charge >= 0.3 is 20.1 Å². The van der Waals surface area contributed by atoms with Crippen molar-refractivity contribution in [3.8, 4) is 78.5 Å². The summed E-state index contributed by atoms with van der Waals surface area (Å²) in [5.41, 5.74) is 17.8. The summed E-state index contributed by atoms with van der Waals surface area (Å²) in [5.74, 6) is 0.684. The van der Waals surface area contributed by atoms with Gasteiger partial charge in [-0.05, 0) is 87.3 Å². The zero-order chi connectivity index (χ0) is 42.9. The van der Waals surface area contributed by atoms with Crippen LogP contribution in [0, 0.1) is 18.2 Å². The Morgan fingerprint density at radius 1 is 0.308 bits per heavy atom. The Bertz CT molecular complexity index is 3000. The number of hydrogen-bond donors (Lipinski definition) is 0. The molecule has 0 radical (unpaired) electrons.